The summed E-state index contributed by atoms with van der Waals surface area (Å²) < 4.78 is 0.980. The molecule has 2 heterocycles. The number of nitrogens with zero attached hydrogens (tertiary/aromatic N) is 3. The molecule has 0 saturated heterocycles. The van der Waals surface area contributed by atoms with Crippen LogP contribution in [-0.2, 0) is 4.79 Å². The molecule has 2 aromatic heterocycles. The fraction of sp³-hybridized carbons (Fsp3) is 0.111. The summed E-state index contributed by atoms with van der Waals surface area (Å²) in [6, 6.07) is 11.3. The third-order valence-electron chi connectivity index (χ3n) is 3.61. The molecule has 0 unspecified atom stereocenters. The highest BCUT2D eigenvalue weighted by Gasteiger charge is 2.10. The average molecular weight is 414 g/mol. The third kappa shape index (κ3) is 4.34. The minimum atomic E-state index is -0.988. The van der Waals surface area contributed by atoms with Crippen molar-refractivity contribution < 1.29 is 9.90 Å². The Balaban J connectivity index is 1.99. The van der Waals surface area contributed by atoms with Gasteiger partial charge in [0, 0.05) is 34.2 Å². The number of pyridine rings is 1. The predicted octanol–water partition coefficient (Wildman–Crippen LogP) is 3.85. The minimum Gasteiger partial charge on any atom is -0.480 e. The normalized spacial score (nSPS) is 10.4. The van der Waals surface area contributed by atoms with Gasteiger partial charge in [-0.3, -0.25) is 9.78 Å². The zero-order valence-corrected chi connectivity index (χ0v) is 15.5. The molecule has 8 heteroatoms. The van der Waals surface area contributed by atoms with Gasteiger partial charge in [-0.05, 0) is 36.8 Å². The van der Waals surface area contributed by atoms with Gasteiger partial charge in [0.25, 0.3) is 0 Å². The summed E-state index contributed by atoms with van der Waals surface area (Å²) >= 11 is 3.51. The van der Waals surface area contributed by atoms with Crippen LogP contribution in [0.4, 0.5) is 17.5 Å². The molecule has 0 radical (unpaired) electrons. The first-order valence-corrected chi connectivity index (χ1v) is 8.59. The quantitative estimate of drug-likeness (QED) is 0.563. The molecule has 0 amide bonds. The second-order valence-corrected chi connectivity index (χ2v) is 6.34. The Labute approximate surface area is 158 Å². The van der Waals surface area contributed by atoms with Crippen molar-refractivity contribution in [2.75, 3.05) is 17.2 Å². The molecular weight excluding hydrogens is 398 g/mol. The molecule has 1 aromatic carbocycles. The summed E-state index contributed by atoms with van der Waals surface area (Å²) in [5, 5.41) is 14.9. The molecule has 0 fully saturated rings. The van der Waals surface area contributed by atoms with Crippen LogP contribution in [0.3, 0.4) is 0 Å². The van der Waals surface area contributed by atoms with Gasteiger partial charge in [-0.2, -0.15) is 4.98 Å². The number of halogens is 1. The zero-order valence-electron chi connectivity index (χ0n) is 13.9. The number of aromatic nitrogens is 3. The van der Waals surface area contributed by atoms with Gasteiger partial charge in [0.2, 0.25) is 5.95 Å². The molecule has 0 aliphatic carbocycles. The lowest BCUT2D eigenvalue weighted by Gasteiger charge is -2.13. The first kappa shape index (κ1) is 17.8. The van der Waals surface area contributed by atoms with Crippen molar-refractivity contribution in [3.63, 3.8) is 0 Å². The summed E-state index contributed by atoms with van der Waals surface area (Å²) in [4.78, 5) is 23.7. The van der Waals surface area contributed by atoms with Crippen molar-refractivity contribution in [3.8, 4) is 11.3 Å². The van der Waals surface area contributed by atoms with Crippen molar-refractivity contribution in [2.24, 2.45) is 0 Å². The van der Waals surface area contributed by atoms with Crippen molar-refractivity contribution in [1.29, 1.82) is 0 Å². The highest BCUT2D eigenvalue weighted by atomic mass is 79.9. The summed E-state index contributed by atoms with van der Waals surface area (Å²) in [6.45, 7) is 1.71. The predicted molar refractivity (Wildman–Crippen MR) is 104 cm³/mol. The number of nitrogens with one attached hydrogen (secondary N) is 2. The van der Waals surface area contributed by atoms with E-state index in [2.05, 4.69) is 41.5 Å². The zero-order chi connectivity index (χ0) is 18.5. The van der Waals surface area contributed by atoms with E-state index in [1.807, 2.05) is 37.3 Å². The lowest BCUT2D eigenvalue weighted by atomic mass is 10.2. The van der Waals surface area contributed by atoms with Crippen LogP contribution in [0, 0.1) is 6.92 Å². The molecule has 3 rings (SSSR count). The molecule has 3 N–H and O–H groups in total. The lowest BCUT2D eigenvalue weighted by Crippen LogP contribution is -2.15. The van der Waals surface area contributed by atoms with Crippen molar-refractivity contribution >= 4 is 39.4 Å². The molecule has 7 nitrogen and oxygen atoms in total. The van der Waals surface area contributed by atoms with E-state index < -0.39 is 5.97 Å². The summed E-state index contributed by atoms with van der Waals surface area (Å²) in [5.74, 6) is -0.213. The van der Waals surface area contributed by atoms with Crippen LogP contribution in [0.15, 0.2) is 53.3 Å². The average Bonchev–Trinajstić information content (AvgIpc) is 2.64. The Kier molecular flexibility index (Phi) is 5.43. The first-order valence-electron chi connectivity index (χ1n) is 7.80. The van der Waals surface area contributed by atoms with E-state index in [0.717, 1.165) is 21.3 Å². The smallest absolute Gasteiger partial charge is 0.322 e. The van der Waals surface area contributed by atoms with E-state index >= 15 is 0 Å². The molecule has 0 bridgehead atoms. The molecule has 3 aromatic rings. The van der Waals surface area contributed by atoms with Crippen LogP contribution in [0.5, 0.6) is 0 Å². The van der Waals surface area contributed by atoms with E-state index in [9.17, 15) is 4.79 Å². The number of hydrogen-bond donors (Lipinski definition) is 3. The number of anilines is 3. The summed E-state index contributed by atoms with van der Waals surface area (Å²) in [7, 11) is 0. The lowest BCUT2D eigenvalue weighted by molar-refractivity contribution is -0.134. The number of rotatable bonds is 6. The molecule has 0 saturated carbocycles. The molecule has 0 atom stereocenters. The minimum absolute atomic E-state index is 0.226. The van der Waals surface area contributed by atoms with Crippen LogP contribution in [0.1, 0.15) is 5.56 Å². The number of carbonyl (C=O) groups is 1. The second kappa shape index (κ2) is 7.92. The second-order valence-electron chi connectivity index (χ2n) is 5.49. The number of carboxylic acid groups (broad SMARTS) is 1. The Morgan fingerprint density at radius 3 is 2.81 bits per heavy atom. The number of carboxylic acids is 1. The fourth-order valence-corrected chi connectivity index (χ4v) is 2.65. The molecule has 0 aliphatic heterocycles. The van der Waals surface area contributed by atoms with Crippen LogP contribution < -0.4 is 10.6 Å². The molecular formula is C18H16BrN5O2. The van der Waals surface area contributed by atoms with Gasteiger partial charge in [0.15, 0.2) is 0 Å². The van der Waals surface area contributed by atoms with Crippen molar-refractivity contribution in [3.05, 3.63) is 58.8 Å². The maximum absolute atomic E-state index is 10.8. The van der Waals surface area contributed by atoms with Gasteiger partial charge in [0.05, 0.1) is 5.69 Å². The number of aliphatic carboxylic acids is 1. The number of benzene rings is 1. The van der Waals surface area contributed by atoms with Gasteiger partial charge >= 0.3 is 5.97 Å². The van der Waals surface area contributed by atoms with E-state index in [-0.39, 0.29) is 12.5 Å². The van der Waals surface area contributed by atoms with Crippen LogP contribution >= 0.6 is 15.9 Å². The van der Waals surface area contributed by atoms with Gasteiger partial charge in [-0.25, -0.2) is 4.98 Å². The number of hydrogen-bond acceptors (Lipinski definition) is 6. The van der Waals surface area contributed by atoms with E-state index in [1.165, 1.54) is 0 Å². The van der Waals surface area contributed by atoms with Crippen LogP contribution in [-0.4, -0.2) is 32.6 Å². The van der Waals surface area contributed by atoms with E-state index in [0.29, 0.717) is 11.5 Å². The maximum Gasteiger partial charge on any atom is 0.322 e. The highest BCUT2D eigenvalue weighted by Crippen LogP contribution is 2.28. The topological polar surface area (TPSA) is 100 Å². The Hall–Kier alpha value is -3.00. The van der Waals surface area contributed by atoms with Gasteiger partial charge in [-0.1, -0.05) is 22.0 Å². The molecule has 0 spiro atoms. The van der Waals surface area contributed by atoms with Crippen LogP contribution in [0.25, 0.3) is 11.3 Å². The Bertz CT molecular complexity index is 934. The molecule has 0 aliphatic rings. The van der Waals surface area contributed by atoms with E-state index in [1.54, 1.807) is 18.5 Å². The standard InChI is InChI=1S/C18H16BrN5O2/c1-11-13(19)5-2-6-14(11)22-16-8-15(12-4-3-7-20-9-12)23-18(24-16)21-10-17(25)26/h2-9H,10H2,1H3,(H,25,26)(H2,21,22,23,24). The van der Waals surface area contributed by atoms with E-state index in [4.69, 9.17) is 5.11 Å². The molecule has 132 valence electrons. The van der Waals surface area contributed by atoms with Gasteiger partial charge < -0.3 is 15.7 Å². The van der Waals surface area contributed by atoms with Crippen molar-refractivity contribution in [1.82, 2.24) is 15.0 Å². The highest BCUT2D eigenvalue weighted by molar-refractivity contribution is 9.10. The van der Waals surface area contributed by atoms with Gasteiger partial charge in [0.1, 0.15) is 12.4 Å². The Morgan fingerprint density at radius 2 is 2.08 bits per heavy atom. The van der Waals surface area contributed by atoms with Crippen LogP contribution in [0.2, 0.25) is 0 Å². The summed E-state index contributed by atoms with van der Waals surface area (Å²) in [5.41, 5.74) is 3.37. The third-order valence-corrected chi connectivity index (χ3v) is 4.47. The summed E-state index contributed by atoms with van der Waals surface area (Å²) in [6.07, 6.45) is 3.37. The van der Waals surface area contributed by atoms with Gasteiger partial charge in [-0.15, -0.1) is 0 Å². The largest absolute Gasteiger partial charge is 0.480 e. The van der Waals surface area contributed by atoms with Crippen molar-refractivity contribution in [2.45, 2.75) is 6.92 Å². The monoisotopic (exact) mass is 413 g/mol. The fourth-order valence-electron chi connectivity index (χ4n) is 2.29. The maximum atomic E-state index is 10.8. The SMILES string of the molecule is Cc1c(Br)cccc1Nc1cc(-c2cccnc2)nc(NCC(=O)O)n1. The molecule has 26 heavy (non-hydrogen) atoms. The first-order chi connectivity index (χ1) is 12.5. The Morgan fingerprint density at radius 1 is 1.23 bits per heavy atom.